The molecule has 1 aromatic heterocycles. The molecule has 2 heterocycles. The molecule has 0 N–H and O–H groups in total. The summed E-state index contributed by atoms with van der Waals surface area (Å²) in [4.78, 5) is 0. The second-order valence-corrected chi connectivity index (χ2v) is 5.14. The zero-order chi connectivity index (χ0) is 12.2. The molecule has 1 saturated heterocycles. The molecule has 6 heteroatoms. The number of ether oxygens (including phenoxy) is 1. The Bertz CT molecular complexity index is 496. The highest BCUT2D eigenvalue weighted by Crippen LogP contribution is 2.23. The first-order valence-electron chi connectivity index (χ1n) is 6.02. The normalized spacial score (nSPS) is 19.2. The van der Waals surface area contributed by atoms with Gasteiger partial charge in [-0.1, -0.05) is 30.0 Å². The summed E-state index contributed by atoms with van der Waals surface area (Å²) in [5.41, 5.74) is 0.984. The Hall–Kier alpha value is -1.40. The lowest BCUT2D eigenvalue weighted by atomic mass is 10.3. The van der Waals surface area contributed by atoms with Crippen LogP contribution in [0.4, 0.5) is 0 Å². The van der Waals surface area contributed by atoms with Gasteiger partial charge in [0, 0.05) is 12.4 Å². The third kappa shape index (κ3) is 2.54. The maximum atomic E-state index is 5.60. The summed E-state index contributed by atoms with van der Waals surface area (Å²) >= 11 is 1.65. The minimum Gasteiger partial charge on any atom is -0.377 e. The predicted octanol–water partition coefficient (Wildman–Crippen LogP) is 1.93. The van der Waals surface area contributed by atoms with Crippen molar-refractivity contribution in [3.63, 3.8) is 0 Å². The van der Waals surface area contributed by atoms with Gasteiger partial charge < -0.3 is 4.74 Å². The standard InChI is InChI=1S/C12H14N4OS/c1-2-5-10(6-3-1)16-12(13-14-15-16)18-9-11-7-4-8-17-11/h1-3,5-6,11H,4,7-9H2/t11-/m1/s1. The number of para-hydroxylation sites is 1. The van der Waals surface area contributed by atoms with Crippen LogP contribution in [0, 0.1) is 0 Å². The van der Waals surface area contributed by atoms with Crippen molar-refractivity contribution < 1.29 is 4.74 Å². The van der Waals surface area contributed by atoms with Crippen LogP contribution in [0.15, 0.2) is 35.5 Å². The lowest BCUT2D eigenvalue weighted by molar-refractivity contribution is 0.129. The van der Waals surface area contributed by atoms with Gasteiger partial charge in [0.2, 0.25) is 5.16 Å². The summed E-state index contributed by atoms with van der Waals surface area (Å²) < 4.78 is 7.36. The van der Waals surface area contributed by atoms with E-state index in [0.717, 1.165) is 36.0 Å². The molecular weight excluding hydrogens is 248 g/mol. The first-order chi connectivity index (χ1) is 8.93. The quantitative estimate of drug-likeness (QED) is 0.788. The van der Waals surface area contributed by atoms with Crippen molar-refractivity contribution in [1.82, 2.24) is 20.2 Å². The maximum absolute atomic E-state index is 5.60. The highest BCUT2D eigenvalue weighted by molar-refractivity contribution is 7.99. The number of thioether (sulfide) groups is 1. The number of hydrogen-bond donors (Lipinski definition) is 0. The van der Waals surface area contributed by atoms with Gasteiger partial charge in [-0.05, 0) is 35.4 Å². The molecule has 1 aliphatic rings. The molecule has 1 aliphatic heterocycles. The van der Waals surface area contributed by atoms with E-state index in [1.807, 2.05) is 30.3 Å². The molecule has 1 fully saturated rings. The Balaban J connectivity index is 1.71. The van der Waals surface area contributed by atoms with Gasteiger partial charge in [-0.2, -0.15) is 4.68 Å². The third-order valence-electron chi connectivity index (χ3n) is 2.86. The zero-order valence-corrected chi connectivity index (χ0v) is 10.7. The highest BCUT2D eigenvalue weighted by Gasteiger charge is 2.17. The fourth-order valence-corrected chi connectivity index (χ4v) is 2.90. The molecule has 1 aromatic carbocycles. The van der Waals surface area contributed by atoms with Crippen molar-refractivity contribution >= 4 is 11.8 Å². The predicted molar refractivity (Wildman–Crippen MR) is 68.9 cm³/mol. The summed E-state index contributed by atoms with van der Waals surface area (Å²) in [5, 5.41) is 12.6. The van der Waals surface area contributed by atoms with E-state index in [-0.39, 0.29) is 0 Å². The van der Waals surface area contributed by atoms with Gasteiger partial charge in [-0.3, -0.25) is 0 Å². The molecule has 2 aromatic rings. The van der Waals surface area contributed by atoms with Crippen LogP contribution in [0.5, 0.6) is 0 Å². The van der Waals surface area contributed by atoms with Gasteiger partial charge in [-0.25, -0.2) is 0 Å². The Kier molecular flexibility index (Phi) is 3.56. The Labute approximate surface area is 110 Å². The number of benzene rings is 1. The average molecular weight is 262 g/mol. The van der Waals surface area contributed by atoms with E-state index >= 15 is 0 Å². The van der Waals surface area contributed by atoms with Crippen molar-refractivity contribution in [3.8, 4) is 5.69 Å². The second kappa shape index (κ2) is 5.49. The van der Waals surface area contributed by atoms with Crippen molar-refractivity contribution in [1.29, 1.82) is 0 Å². The van der Waals surface area contributed by atoms with Crippen LogP contribution in [0.2, 0.25) is 0 Å². The number of rotatable bonds is 4. The van der Waals surface area contributed by atoms with E-state index in [9.17, 15) is 0 Å². The zero-order valence-electron chi connectivity index (χ0n) is 9.90. The molecule has 0 spiro atoms. The summed E-state index contributed by atoms with van der Waals surface area (Å²) in [6, 6.07) is 9.92. The van der Waals surface area contributed by atoms with Crippen LogP contribution in [-0.2, 0) is 4.74 Å². The molecule has 0 saturated carbocycles. The van der Waals surface area contributed by atoms with Crippen molar-refractivity contribution in [2.75, 3.05) is 12.4 Å². The summed E-state index contributed by atoms with van der Waals surface area (Å²) in [6.45, 7) is 0.884. The van der Waals surface area contributed by atoms with E-state index in [2.05, 4.69) is 15.5 Å². The average Bonchev–Trinajstić information content (AvgIpc) is 3.09. The van der Waals surface area contributed by atoms with Gasteiger partial charge in [0.05, 0.1) is 11.8 Å². The highest BCUT2D eigenvalue weighted by atomic mass is 32.2. The third-order valence-corrected chi connectivity index (χ3v) is 3.92. The Morgan fingerprint density at radius 2 is 2.22 bits per heavy atom. The SMILES string of the molecule is c1ccc(-n2nnnc2SC[C@H]2CCCO2)cc1. The van der Waals surface area contributed by atoms with Crippen LogP contribution in [0.3, 0.4) is 0 Å². The molecule has 0 bridgehead atoms. The minimum atomic E-state index is 0.343. The Morgan fingerprint density at radius 1 is 1.33 bits per heavy atom. The Morgan fingerprint density at radius 3 is 3.00 bits per heavy atom. The molecule has 5 nitrogen and oxygen atoms in total. The van der Waals surface area contributed by atoms with Crippen LogP contribution < -0.4 is 0 Å². The molecule has 0 amide bonds. The monoisotopic (exact) mass is 262 g/mol. The van der Waals surface area contributed by atoms with Crippen LogP contribution >= 0.6 is 11.8 Å². The number of hydrogen-bond acceptors (Lipinski definition) is 5. The van der Waals surface area contributed by atoms with Crippen LogP contribution in [0.1, 0.15) is 12.8 Å². The molecule has 0 aliphatic carbocycles. The van der Waals surface area contributed by atoms with Gasteiger partial charge in [0.1, 0.15) is 0 Å². The number of tetrazole rings is 1. The van der Waals surface area contributed by atoms with Crippen molar-refractivity contribution in [3.05, 3.63) is 30.3 Å². The van der Waals surface area contributed by atoms with Gasteiger partial charge >= 0.3 is 0 Å². The number of aromatic nitrogens is 4. The second-order valence-electron chi connectivity index (χ2n) is 4.15. The summed E-state index contributed by atoms with van der Waals surface area (Å²) in [7, 11) is 0. The smallest absolute Gasteiger partial charge is 0.214 e. The maximum Gasteiger partial charge on any atom is 0.214 e. The van der Waals surface area contributed by atoms with Crippen molar-refractivity contribution in [2.24, 2.45) is 0 Å². The topological polar surface area (TPSA) is 52.8 Å². The fraction of sp³-hybridized carbons (Fsp3) is 0.417. The lowest BCUT2D eigenvalue weighted by Gasteiger charge is -2.08. The van der Waals surface area contributed by atoms with E-state index < -0.39 is 0 Å². The molecular formula is C12H14N4OS. The summed E-state index contributed by atoms with van der Waals surface area (Å²) in [6.07, 6.45) is 2.64. The molecule has 18 heavy (non-hydrogen) atoms. The molecule has 1 atom stereocenters. The van der Waals surface area contributed by atoms with Crippen molar-refractivity contribution in [2.45, 2.75) is 24.1 Å². The lowest BCUT2D eigenvalue weighted by Crippen LogP contribution is -2.09. The van der Waals surface area contributed by atoms with E-state index in [0.29, 0.717) is 6.10 Å². The molecule has 94 valence electrons. The van der Waals surface area contributed by atoms with Gasteiger partial charge in [0.25, 0.3) is 0 Å². The molecule has 0 unspecified atom stereocenters. The van der Waals surface area contributed by atoms with E-state index in [4.69, 9.17) is 4.74 Å². The molecule has 3 rings (SSSR count). The first-order valence-corrected chi connectivity index (χ1v) is 7.00. The van der Waals surface area contributed by atoms with Crippen LogP contribution in [0.25, 0.3) is 5.69 Å². The fourth-order valence-electron chi connectivity index (χ4n) is 1.94. The number of nitrogens with zero attached hydrogens (tertiary/aromatic N) is 4. The van der Waals surface area contributed by atoms with E-state index in [1.165, 1.54) is 0 Å². The minimum absolute atomic E-state index is 0.343. The van der Waals surface area contributed by atoms with E-state index in [1.54, 1.807) is 16.4 Å². The van der Waals surface area contributed by atoms with Gasteiger partial charge in [0.15, 0.2) is 0 Å². The summed E-state index contributed by atoms with van der Waals surface area (Å²) in [5.74, 6) is 0.910. The largest absolute Gasteiger partial charge is 0.377 e. The molecule has 0 radical (unpaired) electrons. The van der Waals surface area contributed by atoms with Gasteiger partial charge in [-0.15, -0.1) is 5.10 Å². The van der Waals surface area contributed by atoms with Crippen LogP contribution in [-0.4, -0.2) is 38.7 Å². The first kappa shape index (κ1) is 11.7.